The SMILES string of the molecule is CC.CCOc1ccc(-c2cc3cc(OC(C)=O)cc(Br)c3oc2=O)cc1. The van der Waals surface area contributed by atoms with Gasteiger partial charge in [0.2, 0.25) is 0 Å². The van der Waals surface area contributed by atoms with Gasteiger partial charge in [-0.25, -0.2) is 4.79 Å². The topological polar surface area (TPSA) is 65.7 Å². The molecule has 5 nitrogen and oxygen atoms in total. The Hall–Kier alpha value is -2.60. The second-order valence-corrected chi connectivity index (χ2v) is 6.18. The number of esters is 1. The lowest BCUT2D eigenvalue weighted by atomic mass is 10.1. The lowest BCUT2D eigenvalue weighted by Gasteiger charge is -2.08. The third-order valence-corrected chi connectivity index (χ3v) is 4.09. The quantitative estimate of drug-likeness (QED) is 0.306. The van der Waals surface area contributed by atoms with Gasteiger partial charge in [0.05, 0.1) is 16.6 Å². The van der Waals surface area contributed by atoms with Crippen LogP contribution < -0.4 is 15.1 Å². The number of benzene rings is 2. The van der Waals surface area contributed by atoms with E-state index in [9.17, 15) is 9.59 Å². The highest BCUT2D eigenvalue weighted by atomic mass is 79.9. The number of carbonyl (C=O) groups is 1. The summed E-state index contributed by atoms with van der Waals surface area (Å²) in [7, 11) is 0. The molecule has 0 N–H and O–H groups in total. The van der Waals surface area contributed by atoms with Gasteiger partial charge < -0.3 is 13.9 Å². The van der Waals surface area contributed by atoms with Crippen molar-refractivity contribution in [2.24, 2.45) is 0 Å². The second kappa shape index (κ2) is 9.37. The van der Waals surface area contributed by atoms with E-state index in [2.05, 4.69) is 15.9 Å². The van der Waals surface area contributed by atoms with Crippen molar-refractivity contribution in [2.45, 2.75) is 27.7 Å². The highest BCUT2D eigenvalue weighted by Gasteiger charge is 2.12. The van der Waals surface area contributed by atoms with Gasteiger partial charge in [-0.2, -0.15) is 0 Å². The van der Waals surface area contributed by atoms with Crippen LogP contribution in [0.5, 0.6) is 11.5 Å². The summed E-state index contributed by atoms with van der Waals surface area (Å²) >= 11 is 3.34. The van der Waals surface area contributed by atoms with E-state index in [0.717, 1.165) is 5.75 Å². The minimum atomic E-state index is -0.447. The molecule has 142 valence electrons. The number of fused-ring (bicyclic) bond motifs is 1. The van der Waals surface area contributed by atoms with Gasteiger partial charge in [-0.15, -0.1) is 0 Å². The molecule has 1 heterocycles. The van der Waals surface area contributed by atoms with Crippen LogP contribution in [0.4, 0.5) is 0 Å². The molecular formula is C21H21BrO5. The van der Waals surface area contributed by atoms with E-state index >= 15 is 0 Å². The third-order valence-electron chi connectivity index (χ3n) is 3.50. The maximum atomic E-state index is 12.4. The predicted molar refractivity (Wildman–Crippen MR) is 109 cm³/mol. The van der Waals surface area contributed by atoms with Crippen molar-refractivity contribution in [3.8, 4) is 22.6 Å². The monoisotopic (exact) mass is 432 g/mol. The Kier molecular flexibility index (Phi) is 7.19. The molecule has 0 bridgehead atoms. The molecule has 1 aromatic heterocycles. The Balaban J connectivity index is 0.00000126. The predicted octanol–water partition coefficient (Wildman–Crippen LogP) is 5.57. The fourth-order valence-corrected chi connectivity index (χ4v) is 3.02. The molecule has 0 atom stereocenters. The van der Waals surface area contributed by atoms with Gasteiger partial charge in [0, 0.05) is 12.3 Å². The molecule has 6 heteroatoms. The van der Waals surface area contributed by atoms with Gasteiger partial charge in [-0.05, 0) is 58.7 Å². The highest BCUT2D eigenvalue weighted by Crippen LogP contribution is 2.31. The van der Waals surface area contributed by atoms with E-state index in [1.54, 1.807) is 42.5 Å². The fourth-order valence-electron chi connectivity index (χ4n) is 2.49. The summed E-state index contributed by atoms with van der Waals surface area (Å²) < 4.78 is 16.5. The number of hydrogen-bond donors (Lipinski definition) is 0. The lowest BCUT2D eigenvalue weighted by molar-refractivity contribution is -0.131. The Morgan fingerprint density at radius 1 is 1.07 bits per heavy atom. The number of rotatable bonds is 4. The molecule has 0 aliphatic heterocycles. The minimum Gasteiger partial charge on any atom is -0.494 e. The van der Waals surface area contributed by atoms with Crippen LogP contribution in [0.15, 0.2) is 56.1 Å². The Labute approximate surface area is 166 Å². The summed E-state index contributed by atoms with van der Waals surface area (Å²) in [5.74, 6) is 0.685. The van der Waals surface area contributed by atoms with E-state index in [-0.39, 0.29) is 0 Å². The maximum absolute atomic E-state index is 12.4. The van der Waals surface area contributed by atoms with Gasteiger partial charge in [-0.1, -0.05) is 26.0 Å². The summed E-state index contributed by atoms with van der Waals surface area (Å²) in [5.41, 5.74) is 1.09. The molecule has 0 aliphatic carbocycles. The first-order valence-corrected chi connectivity index (χ1v) is 9.46. The van der Waals surface area contributed by atoms with Crippen molar-refractivity contribution >= 4 is 32.9 Å². The van der Waals surface area contributed by atoms with Crippen LogP contribution in [-0.2, 0) is 4.79 Å². The second-order valence-electron chi connectivity index (χ2n) is 5.32. The summed E-state index contributed by atoms with van der Waals surface area (Å²) in [4.78, 5) is 23.5. The van der Waals surface area contributed by atoms with Crippen LogP contribution in [0.1, 0.15) is 27.7 Å². The molecule has 27 heavy (non-hydrogen) atoms. The average molecular weight is 433 g/mol. The Morgan fingerprint density at radius 2 is 1.74 bits per heavy atom. The average Bonchev–Trinajstić information content (AvgIpc) is 2.64. The standard InChI is InChI=1S/C19H15BrO5.C2H6/c1-3-23-14-6-4-12(5-7-14)16-9-13-8-15(24-11(2)21)10-17(20)18(13)25-19(16)22;1-2/h4-10H,3H2,1-2H3;1-2H3. The van der Waals surface area contributed by atoms with Crippen LogP contribution in [0, 0.1) is 0 Å². The molecule has 0 saturated carbocycles. The zero-order chi connectivity index (χ0) is 20.0. The van der Waals surface area contributed by atoms with Crippen LogP contribution in [-0.4, -0.2) is 12.6 Å². The third kappa shape index (κ3) is 4.98. The molecule has 0 saturated heterocycles. The van der Waals surface area contributed by atoms with Crippen molar-refractivity contribution in [2.75, 3.05) is 6.61 Å². The number of carbonyl (C=O) groups excluding carboxylic acids is 1. The molecule has 2 aromatic carbocycles. The van der Waals surface area contributed by atoms with Gasteiger partial charge in [0.1, 0.15) is 11.5 Å². The first kappa shape index (κ1) is 20.7. The van der Waals surface area contributed by atoms with Gasteiger partial charge >= 0.3 is 11.6 Å². The van der Waals surface area contributed by atoms with Gasteiger partial charge in [0.25, 0.3) is 0 Å². The molecule has 3 rings (SSSR count). The first-order valence-electron chi connectivity index (χ1n) is 8.67. The maximum Gasteiger partial charge on any atom is 0.344 e. The fraction of sp³-hybridized carbons (Fsp3) is 0.238. The molecular weight excluding hydrogens is 412 g/mol. The first-order chi connectivity index (χ1) is 13.0. The van der Waals surface area contributed by atoms with E-state index in [1.807, 2.05) is 20.8 Å². The summed E-state index contributed by atoms with van der Waals surface area (Å²) in [6, 6.07) is 12.2. The van der Waals surface area contributed by atoms with Crippen LogP contribution in [0.3, 0.4) is 0 Å². The van der Waals surface area contributed by atoms with E-state index in [0.29, 0.717) is 38.9 Å². The van der Waals surface area contributed by atoms with Crippen molar-refractivity contribution in [3.63, 3.8) is 0 Å². The normalized spacial score (nSPS) is 10.1. The largest absolute Gasteiger partial charge is 0.494 e. The molecule has 0 fully saturated rings. The zero-order valence-corrected chi connectivity index (χ0v) is 17.3. The molecule has 0 amide bonds. The van der Waals surface area contributed by atoms with Crippen molar-refractivity contribution in [1.82, 2.24) is 0 Å². The van der Waals surface area contributed by atoms with Gasteiger partial charge in [0.15, 0.2) is 5.58 Å². The zero-order valence-electron chi connectivity index (χ0n) is 15.7. The van der Waals surface area contributed by atoms with E-state index < -0.39 is 11.6 Å². The number of ether oxygens (including phenoxy) is 2. The molecule has 0 radical (unpaired) electrons. The number of halogens is 1. The smallest absolute Gasteiger partial charge is 0.344 e. The van der Waals surface area contributed by atoms with Crippen LogP contribution in [0.2, 0.25) is 0 Å². The molecule has 0 unspecified atom stereocenters. The number of hydrogen-bond acceptors (Lipinski definition) is 5. The summed E-state index contributed by atoms with van der Waals surface area (Å²) in [5, 5.41) is 0.647. The van der Waals surface area contributed by atoms with Crippen molar-refractivity contribution < 1.29 is 18.7 Å². The Bertz CT molecular complexity index is 990. The van der Waals surface area contributed by atoms with Crippen molar-refractivity contribution in [3.05, 3.63) is 57.4 Å². The molecule has 3 aromatic rings. The molecule has 0 aliphatic rings. The summed E-state index contributed by atoms with van der Waals surface area (Å²) in [6.07, 6.45) is 0. The van der Waals surface area contributed by atoms with E-state index in [4.69, 9.17) is 13.9 Å². The minimum absolute atomic E-state index is 0.373. The molecule has 0 spiro atoms. The lowest BCUT2D eigenvalue weighted by Crippen LogP contribution is -2.04. The van der Waals surface area contributed by atoms with Crippen molar-refractivity contribution in [1.29, 1.82) is 0 Å². The highest BCUT2D eigenvalue weighted by molar-refractivity contribution is 9.10. The summed E-state index contributed by atoms with van der Waals surface area (Å²) in [6.45, 7) is 7.81. The van der Waals surface area contributed by atoms with Crippen LogP contribution >= 0.6 is 15.9 Å². The van der Waals surface area contributed by atoms with Gasteiger partial charge in [-0.3, -0.25) is 4.79 Å². The van der Waals surface area contributed by atoms with Crippen LogP contribution in [0.25, 0.3) is 22.1 Å². The Morgan fingerprint density at radius 3 is 2.33 bits per heavy atom. The van der Waals surface area contributed by atoms with E-state index in [1.165, 1.54) is 6.92 Å².